The van der Waals surface area contributed by atoms with E-state index < -0.39 is 18.1 Å². The highest BCUT2D eigenvalue weighted by atomic mass is 16.4. The molecule has 2 atom stereocenters. The second-order valence-electron chi connectivity index (χ2n) is 2.96. The van der Waals surface area contributed by atoms with Gasteiger partial charge in [0.15, 0.2) is 0 Å². The standard InChI is InChI=1S/C7H13NO4/c9-2-1-8-4-5(10)3-6(8)7(11)12/h5-6,9-10H,1-4H2,(H,11,12)/t5-,6+/m1/s1. The number of hydrogen-bond acceptors (Lipinski definition) is 4. The molecule has 0 aromatic heterocycles. The molecule has 1 fully saturated rings. The van der Waals surface area contributed by atoms with Crippen LogP contribution in [0.25, 0.3) is 0 Å². The maximum Gasteiger partial charge on any atom is 0.321 e. The monoisotopic (exact) mass is 175 g/mol. The van der Waals surface area contributed by atoms with E-state index in [1.165, 1.54) is 0 Å². The molecule has 0 bridgehead atoms. The van der Waals surface area contributed by atoms with E-state index in [4.69, 9.17) is 15.3 Å². The second-order valence-corrected chi connectivity index (χ2v) is 2.96. The van der Waals surface area contributed by atoms with Gasteiger partial charge < -0.3 is 15.3 Å². The van der Waals surface area contributed by atoms with Gasteiger partial charge in [0.1, 0.15) is 6.04 Å². The first kappa shape index (κ1) is 9.44. The minimum Gasteiger partial charge on any atom is -0.480 e. The van der Waals surface area contributed by atoms with Gasteiger partial charge in [-0.3, -0.25) is 9.69 Å². The fourth-order valence-electron chi connectivity index (χ4n) is 1.51. The van der Waals surface area contributed by atoms with E-state index >= 15 is 0 Å². The van der Waals surface area contributed by atoms with Gasteiger partial charge in [0.05, 0.1) is 12.7 Å². The number of likely N-dealkylation sites (tertiary alicyclic amines) is 1. The molecule has 3 N–H and O–H groups in total. The third-order valence-corrected chi connectivity index (χ3v) is 2.05. The van der Waals surface area contributed by atoms with Gasteiger partial charge in [0.2, 0.25) is 0 Å². The number of carboxylic acids is 1. The van der Waals surface area contributed by atoms with Crippen LogP contribution in [-0.4, -0.2) is 58.0 Å². The molecule has 1 rings (SSSR count). The van der Waals surface area contributed by atoms with Crippen molar-refractivity contribution in [2.75, 3.05) is 19.7 Å². The predicted octanol–water partition coefficient (Wildman–Crippen LogP) is -1.50. The van der Waals surface area contributed by atoms with Crippen LogP contribution in [0, 0.1) is 0 Å². The lowest BCUT2D eigenvalue weighted by Crippen LogP contribution is -2.37. The number of carbonyl (C=O) groups is 1. The lowest BCUT2D eigenvalue weighted by Gasteiger charge is -2.18. The van der Waals surface area contributed by atoms with Gasteiger partial charge in [-0.2, -0.15) is 0 Å². The van der Waals surface area contributed by atoms with Crippen molar-refractivity contribution in [3.05, 3.63) is 0 Å². The molecule has 0 spiro atoms. The number of β-amino-alcohol motifs (C(OH)–C–C–N with tert-alkyl or cyclic N) is 2. The Morgan fingerprint density at radius 3 is 2.75 bits per heavy atom. The van der Waals surface area contributed by atoms with Crippen LogP contribution < -0.4 is 0 Å². The van der Waals surface area contributed by atoms with Crippen molar-refractivity contribution in [2.45, 2.75) is 18.6 Å². The average molecular weight is 175 g/mol. The largest absolute Gasteiger partial charge is 0.480 e. The van der Waals surface area contributed by atoms with Gasteiger partial charge in [0, 0.05) is 19.5 Å². The van der Waals surface area contributed by atoms with Crippen LogP contribution in [0.3, 0.4) is 0 Å². The summed E-state index contributed by atoms with van der Waals surface area (Å²) < 4.78 is 0. The summed E-state index contributed by atoms with van der Waals surface area (Å²) in [5.41, 5.74) is 0. The van der Waals surface area contributed by atoms with Crippen molar-refractivity contribution < 1.29 is 20.1 Å². The minimum atomic E-state index is -0.931. The zero-order valence-corrected chi connectivity index (χ0v) is 6.68. The Morgan fingerprint density at radius 1 is 1.58 bits per heavy atom. The number of aliphatic hydroxyl groups is 2. The average Bonchev–Trinajstić information content (AvgIpc) is 2.32. The summed E-state index contributed by atoms with van der Waals surface area (Å²) in [6, 6.07) is -0.632. The Bertz CT molecular complexity index is 173. The lowest BCUT2D eigenvalue weighted by atomic mass is 10.2. The van der Waals surface area contributed by atoms with Crippen molar-refractivity contribution in [2.24, 2.45) is 0 Å². The Labute approximate surface area is 70.2 Å². The summed E-state index contributed by atoms with van der Waals surface area (Å²) in [6.45, 7) is 0.585. The predicted molar refractivity (Wildman–Crippen MR) is 40.7 cm³/mol. The molecule has 0 aromatic rings. The van der Waals surface area contributed by atoms with E-state index in [0.717, 1.165) is 0 Å². The van der Waals surface area contributed by atoms with E-state index in [-0.39, 0.29) is 13.0 Å². The molecule has 0 amide bonds. The van der Waals surface area contributed by atoms with Gasteiger partial charge in [0.25, 0.3) is 0 Å². The fraction of sp³-hybridized carbons (Fsp3) is 0.857. The maximum atomic E-state index is 10.6. The quantitative estimate of drug-likeness (QED) is 0.486. The SMILES string of the molecule is O=C(O)[C@@H]1C[C@@H](O)CN1CCO. The number of carboxylic acid groups (broad SMARTS) is 1. The highest BCUT2D eigenvalue weighted by molar-refractivity contribution is 5.74. The molecule has 5 nitrogen and oxygen atoms in total. The molecule has 1 heterocycles. The zero-order chi connectivity index (χ0) is 9.14. The molecule has 0 aromatic carbocycles. The third-order valence-electron chi connectivity index (χ3n) is 2.05. The van der Waals surface area contributed by atoms with Crippen LogP contribution in [0.2, 0.25) is 0 Å². The van der Waals surface area contributed by atoms with Crippen molar-refractivity contribution in [1.82, 2.24) is 4.90 Å². The first-order valence-electron chi connectivity index (χ1n) is 3.91. The summed E-state index contributed by atoms with van der Waals surface area (Å²) in [7, 11) is 0. The molecular weight excluding hydrogens is 162 g/mol. The molecule has 1 saturated heterocycles. The molecule has 0 aliphatic carbocycles. The highest BCUT2D eigenvalue weighted by Crippen LogP contribution is 2.16. The zero-order valence-electron chi connectivity index (χ0n) is 6.68. The minimum absolute atomic E-state index is 0.0729. The number of aliphatic hydroxyl groups excluding tert-OH is 2. The highest BCUT2D eigenvalue weighted by Gasteiger charge is 2.35. The van der Waals surface area contributed by atoms with Crippen molar-refractivity contribution in [3.8, 4) is 0 Å². The van der Waals surface area contributed by atoms with E-state index in [2.05, 4.69) is 0 Å². The summed E-state index contributed by atoms with van der Waals surface area (Å²) in [5, 5.41) is 26.4. The first-order valence-corrected chi connectivity index (χ1v) is 3.91. The van der Waals surface area contributed by atoms with Gasteiger partial charge >= 0.3 is 5.97 Å². The number of rotatable bonds is 3. The molecule has 1 aliphatic rings. The first-order chi connectivity index (χ1) is 5.65. The summed E-state index contributed by atoms with van der Waals surface area (Å²) >= 11 is 0. The molecule has 5 heteroatoms. The van der Waals surface area contributed by atoms with Gasteiger partial charge in [-0.1, -0.05) is 0 Å². The summed E-state index contributed by atoms with van der Waals surface area (Å²) in [6.07, 6.45) is -0.312. The topological polar surface area (TPSA) is 81.0 Å². The molecule has 12 heavy (non-hydrogen) atoms. The molecule has 0 unspecified atom stereocenters. The third kappa shape index (κ3) is 1.94. The van der Waals surface area contributed by atoms with Crippen LogP contribution >= 0.6 is 0 Å². The maximum absolute atomic E-state index is 10.6. The van der Waals surface area contributed by atoms with Gasteiger partial charge in [-0.15, -0.1) is 0 Å². The summed E-state index contributed by atoms with van der Waals surface area (Å²) in [4.78, 5) is 12.2. The van der Waals surface area contributed by atoms with E-state index in [9.17, 15) is 4.79 Å². The smallest absolute Gasteiger partial charge is 0.321 e. The van der Waals surface area contributed by atoms with Crippen LogP contribution in [0.4, 0.5) is 0 Å². The van der Waals surface area contributed by atoms with E-state index in [1.54, 1.807) is 4.90 Å². The van der Waals surface area contributed by atoms with Gasteiger partial charge in [-0.25, -0.2) is 0 Å². The van der Waals surface area contributed by atoms with E-state index in [0.29, 0.717) is 13.1 Å². The molecule has 70 valence electrons. The Balaban J connectivity index is 2.53. The van der Waals surface area contributed by atoms with Crippen LogP contribution in [0.15, 0.2) is 0 Å². The van der Waals surface area contributed by atoms with Crippen molar-refractivity contribution in [3.63, 3.8) is 0 Å². The number of nitrogens with zero attached hydrogens (tertiary/aromatic N) is 1. The van der Waals surface area contributed by atoms with E-state index in [1.807, 2.05) is 0 Å². The van der Waals surface area contributed by atoms with Crippen LogP contribution in [0.5, 0.6) is 0 Å². The Morgan fingerprint density at radius 2 is 2.25 bits per heavy atom. The Hall–Kier alpha value is -0.650. The van der Waals surface area contributed by atoms with Crippen LogP contribution in [0.1, 0.15) is 6.42 Å². The molecular formula is C7H13NO4. The molecule has 0 radical (unpaired) electrons. The Kier molecular flexibility index (Phi) is 3.02. The normalized spacial score (nSPS) is 30.8. The lowest BCUT2D eigenvalue weighted by molar-refractivity contribution is -0.142. The fourth-order valence-corrected chi connectivity index (χ4v) is 1.51. The molecule has 0 saturated carbocycles. The number of hydrogen-bond donors (Lipinski definition) is 3. The van der Waals surface area contributed by atoms with Crippen LogP contribution in [-0.2, 0) is 4.79 Å². The molecule has 1 aliphatic heterocycles. The summed E-state index contributed by atoms with van der Waals surface area (Å²) in [5.74, 6) is -0.931. The van der Waals surface area contributed by atoms with Gasteiger partial charge in [-0.05, 0) is 0 Å². The number of aliphatic carboxylic acids is 1. The second kappa shape index (κ2) is 3.84. The van der Waals surface area contributed by atoms with Crippen molar-refractivity contribution in [1.29, 1.82) is 0 Å². The van der Waals surface area contributed by atoms with Crippen molar-refractivity contribution >= 4 is 5.97 Å².